The molecule has 8 N–H and O–H groups in total. The minimum atomic E-state index is -1.67. The van der Waals surface area contributed by atoms with E-state index in [-0.39, 0.29) is 6.04 Å². The zero-order valence-electron chi connectivity index (χ0n) is 11.0. The van der Waals surface area contributed by atoms with Crippen molar-refractivity contribution in [3.05, 3.63) is 0 Å². The summed E-state index contributed by atoms with van der Waals surface area (Å²) in [5, 5.41) is 63.4. The number of aliphatic hydroxyl groups excluding tert-OH is 6. The molecule has 0 aromatic heterocycles. The number of carboxylic acid groups (broad SMARTS) is 1. The minimum Gasteiger partial charge on any atom is -0.480 e. The third-order valence-corrected chi connectivity index (χ3v) is 2.87. The van der Waals surface area contributed by atoms with Crippen LogP contribution in [0.25, 0.3) is 0 Å². The van der Waals surface area contributed by atoms with Crippen LogP contribution in [-0.2, 0) is 4.79 Å². The maximum Gasteiger partial charge on any atom is 0.320 e. The van der Waals surface area contributed by atoms with Crippen LogP contribution in [0.15, 0.2) is 0 Å². The van der Waals surface area contributed by atoms with Crippen LogP contribution in [0.4, 0.5) is 0 Å². The van der Waals surface area contributed by atoms with Crippen LogP contribution in [-0.4, -0.2) is 91.9 Å². The van der Waals surface area contributed by atoms with Gasteiger partial charge >= 0.3 is 5.97 Å². The molecule has 20 heavy (non-hydrogen) atoms. The molecule has 1 aliphatic heterocycles. The van der Waals surface area contributed by atoms with Crippen LogP contribution in [0.2, 0.25) is 0 Å². The van der Waals surface area contributed by atoms with E-state index in [1.54, 1.807) is 0 Å². The summed E-state index contributed by atoms with van der Waals surface area (Å²) in [6.07, 6.45) is -4.61. The minimum absolute atomic E-state index is 0.269. The molecular formula is C11H23NO8. The summed E-state index contributed by atoms with van der Waals surface area (Å²) < 4.78 is 0. The highest BCUT2D eigenvalue weighted by molar-refractivity contribution is 5.73. The summed E-state index contributed by atoms with van der Waals surface area (Å²) >= 11 is 0. The average molecular weight is 297 g/mol. The van der Waals surface area contributed by atoms with E-state index in [2.05, 4.69) is 5.32 Å². The Morgan fingerprint density at radius 1 is 1.05 bits per heavy atom. The van der Waals surface area contributed by atoms with E-state index < -0.39 is 43.6 Å². The number of hydrogen-bond acceptors (Lipinski definition) is 8. The van der Waals surface area contributed by atoms with Crippen molar-refractivity contribution in [3.8, 4) is 0 Å². The van der Waals surface area contributed by atoms with Gasteiger partial charge in [0.25, 0.3) is 0 Å². The van der Waals surface area contributed by atoms with E-state index >= 15 is 0 Å². The lowest BCUT2D eigenvalue weighted by molar-refractivity contribution is -0.139. The van der Waals surface area contributed by atoms with Crippen molar-refractivity contribution in [1.29, 1.82) is 0 Å². The lowest BCUT2D eigenvalue weighted by Gasteiger charge is -2.24. The van der Waals surface area contributed by atoms with Crippen molar-refractivity contribution in [2.75, 3.05) is 19.8 Å². The Morgan fingerprint density at radius 3 is 1.70 bits per heavy atom. The zero-order valence-corrected chi connectivity index (χ0v) is 11.0. The monoisotopic (exact) mass is 297 g/mol. The summed E-state index contributed by atoms with van der Waals surface area (Å²) in [4.78, 5) is 10.1. The van der Waals surface area contributed by atoms with Gasteiger partial charge in [-0.1, -0.05) is 0 Å². The Bertz CT molecular complexity index is 257. The molecule has 9 nitrogen and oxygen atoms in total. The van der Waals surface area contributed by atoms with E-state index in [4.69, 9.17) is 35.7 Å². The maximum absolute atomic E-state index is 10.1. The normalized spacial score (nSPS) is 24.2. The van der Waals surface area contributed by atoms with Crippen molar-refractivity contribution in [2.45, 2.75) is 43.3 Å². The molecule has 0 radical (unpaired) electrons. The van der Waals surface area contributed by atoms with Crippen LogP contribution < -0.4 is 5.32 Å². The molecule has 1 aliphatic rings. The van der Waals surface area contributed by atoms with Crippen LogP contribution in [0.1, 0.15) is 12.8 Å². The summed E-state index contributed by atoms with van der Waals surface area (Å²) in [6.45, 7) is -0.594. The lowest BCUT2D eigenvalue weighted by Crippen LogP contribution is -2.46. The van der Waals surface area contributed by atoms with Gasteiger partial charge in [-0.05, 0) is 19.4 Å². The second-order valence-corrected chi connectivity index (χ2v) is 4.47. The summed E-state index contributed by atoms with van der Waals surface area (Å²) in [6, 6.07) is -0.269. The number of nitrogens with one attached hydrogen (secondary N) is 1. The van der Waals surface area contributed by atoms with Gasteiger partial charge in [0.2, 0.25) is 0 Å². The first kappa shape index (κ1) is 19.2. The number of aliphatic hydroxyl groups is 6. The largest absolute Gasteiger partial charge is 0.480 e. The van der Waals surface area contributed by atoms with E-state index in [0.717, 1.165) is 19.4 Å². The summed E-state index contributed by atoms with van der Waals surface area (Å²) in [5.74, 6) is -0.720. The average Bonchev–Trinajstić information content (AvgIpc) is 2.99. The van der Waals surface area contributed by atoms with Crippen molar-refractivity contribution in [1.82, 2.24) is 5.32 Å². The molecule has 1 saturated heterocycles. The van der Waals surface area contributed by atoms with Crippen molar-refractivity contribution < 1.29 is 40.5 Å². The fraction of sp³-hybridized carbons (Fsp3) is 0.909. The van der Waals surface area contributed by atoms with E-state index in [9.17, 15) is 4.79 Å². The molecule has 5 atom stereocenters. The lowest BCUT2D eigenvalue weighted by atomic mass is 10.0. The topological polar surface area (TPSA) is 171 Å². The molecule has 9 heteroatoms. The number of rotatable bonds is 6. The van der Waals surface area contributed by atoms with Crippen molar-refractivity contribution >= 4 is 5.97 Å². The van der Waals surface area contributed by atoms with Gasteiger partial charge in [-0.25, -0.2) is 0 Å². The first-order valence-corrected chi connectivity index (χ1v) is 6.25. The Hall–Kier alpha value is -0.810. The number of hydrogen-bond donors (Lipinski definition) is 8. The number of carbonyl (C=O) groups is 1. The molecule has 0 aromatic carbocycles. The molecule has 0 amide bonds. The van der Waals surface area contributed by atoms with Gasteiger partial charge in [-0.15, -0.1) is 0 Å². The molecule has 1 rings (SSSR count). The summed E-state index contributed by atoms with van der Waals surface area (Å²) in [5.41, 5.74) is 0. The molecular weight excluding hydrogens is 274 g/mol. The van der Waals surface area contributed by atoms with Gasteiger partial charge in [-0.2, -0.15) is 0 Å². The van der Waals surface area contributed by atoms with Crippen LogP contribution in [0.3, 0.4) is 0 Å². The number of carboxylic acids is 1. The molecule has 0 spiro atoms. The maximum atomic E-state index is 10.1. The molecule has 1 heterocycles. The molecule has 0 bridgehead atoms. The predicted molar refractivity (Wildman–Crippen MR) is 66.9 cm³/mol. The number of aliphatic carboxylic acids is 1. The molecule has 120 valence electrons. The molecule has 1 unspecified atom stereocenters. The first-order chi connectivity index (χ1) is 9.34. The fourth-order valence-corrected chi connectivity index (χ4v) is 1.57. The van der Waals surface area contributed by atoms with Gasteiger partial charge in [0.05, 0.1) is 13.2 Å². The van der Waals surface area contributed by atoms with E-state index in [1.165, 1.54) is 0 Å². The van der Waals surface area contributed by atoms with Gasteiger partial charge in [0.1, 0.15) is 30.5 Å². The van der Waals surface area contributed by atoms with Gasteiger partial charge in [0.15, 0.2) is 0 Å². The Morgan fingerprint density at radius 2 is 1.50 bits per heavy atom. The SMILES string of the molecule is O=C(O)C1CCCN1.OC[C@@H](O)[C@@H](O)[C@H](O)[C@H](O)CO. The van der Waals surface area contributed by atoms with Crippen molar-refractivity contribution in [2.24, 2.45) is 0 Å². The van der Waals surface area contributed by atoms with Gasteiger partial charge in [-0.3, -0.25) is 4.79 Å². The zero-order chi connectivity index (χ0) is 15.7. The molecule has 1 fully saturated rings. The third-order valence-electron chi connectivity index (χ3n) is 2.87. The highest BCUT2D eigenvalue weighted by Crippen LogP contribution is 2.04. The molecule has 0 aliphatic carbocycles. The highest BCUT2D eigenvalue weighted by Gasteiger charge is 2.29. The van der Waals surface area contributed by atoms with Crippen LogP contribution in [0, 0.1) is 0 Å². The van der Waals surface area contributed by atoms with Crippen molar-refractivity contribution in [3.63, 3.8) is 0 Å². The molecule has 0 aromatic rings. The Balaban J connectivity index is 0.000000388. The quantitative estimate of drug-likeness (QED) is 0.245. The Labute approximate surface area is 116 Å². The molecule has 0 saturated carbocycles. The van der Waals surface area contributed by atoms with E-state index in [0.29, 0.717) is 0 Å². The second kappa shape index (κ2) is 10.00. The van der Waals surface area contributed by atoms with Crippen LogP contribution >= 0.6 is 0 Å². The van der Waals surface area contributed by atoms with Crippen LogP contribution in [0.5, 0.6) is 0 Å². The Kier molecular flexibility index (Phi) is 9.59. The van der Waals surface area contributed by atoms with E-state index in [1.807, 2.05) is 0 Å². The third kappa shape index (κ3) is 6.57. The smallest absolute Gasteiger partial charge is 0.320 e. The second-order valence-electron chi connectivity index (χ2n) is 4.47. The summed E-state index contributed by atoms with van der Waals surface area (Å²) in [7, 11) is 0. The standard InChI is InChI=1S/C6H14O6.C5H9NO2/c7-1-3(9)5(11)6(12)4(10)2-8;7-5(8)4-2-1-3-6-4/h3-12H,1-2H2;4,6H,1-3H2,(H,7,8)/t3-,4-,5-,6-;/m1./s1. The highest BCUT2D eigenvalue weighted by atomic mass is 16.4. The predicted octanol–water partition coefficient (Wildman–Crippen LogP) is -3.76. The first-order valence-electron chi connectivity index (χ1n) is 6.25. The fourth-order valence-electron chi connectivity index (χ4n) is 1.57. The van der Waals surface area contributed by atoms with Gasteiger partial charge in [0, 0.05) is 0 Å². The van der Waals surface area contributed by atoms with Gasteiger partial charge < -0.3 is 41.1 Å².